The quantitative estimate of drug-likeness (QED) is 0.891. The predicted octanol–water partition coefficient (Wildman–Crippen LogP) is 2.71. The zero-order chi connectivity index (χ0) is 13.1. The number of anilines is 1. The Labute approximate surface area is 97.2 Å². The van der Waals surface area contributed by atoms with E-state index in [1.165, 1.54) is 13.1 Å². The van der Waals surface area contributed by atoms with E-state index in [1.807, 2.05) is 6.92 Å². The van der Waals surface area contributed by atoms with Gasteiger partial charge in [-0.15, -0.1) is 0 Å². The average Bonchev–Trinajstić information content (AvgIpc) is 2.27. The lowest BCUT2D eigenvalue weighted by molar-refractivity contribution is -0.145. The van der Waals surface area contributed by atoms with E-state index in [-0.39, 0.29) is 17.8 Å². The third-order valence-corrected chi connectivity index (χ3v) is 2.11. The van der Waals surface area contributed by atoms with Crippen molar-refractivity contribution in [2.45, 2.75) is 32.5 Å². The van der Waals surface area contributed by atoms with E-state index in [9.17, 15) is 13.2 Å². The zero-order valence-electron chi connectivity index (χ0n) is 9.80. The number of hydrogen-bond acceptors (Lipinski definition) is 4. The normalized spacial score (nSPS) is 13.3. The molecule has 0 saturated heterocycles. The summed E-state index contributed by atoms with van der Waals surface area (Å²) in [6.07, 6.45) is -4.10. The Hall–Kier alpha value is -1.53. The Bertz CT molecular complexity index is 382. The molecule has 0 amide bonds. The van der Waals surface area contributed by atoms with Crippen molar-refractivity contribution in [2.24, 2.45) is 0 Å². The van der Waals surface area contributed by atoms with Crippen molar-refractivity contribution in [3.05, 3.63) is 11.9 Å². The summed E-state index contributed by atoms with van der Waals surface area (Å²) in [7, 11) is 1.48. The lowest BCUT2D eigenvalue weighted by Crippen LogP contribution is -2.16. The molecule has 7 heteroatoms. The highest BCUT2D eigenvalue weighted by Gasteiger charge is 2.35. The van der Waals surface area contributed by atoms with E-state index in [4.69, 9.17) is 4.74 Å². The number of alkyl halides is 3. The molecule has 17 heavy (non-hydrogen) atoms. The van der Waals surface area contributed by atoms with Gasteiger partial charge in [-0.3, -0.25) is 0 Å². The molecule has 1 N–H and O–H groups in total. The predicted molar refractivity (Wildman–Crippen MR) is 57.0 cm³/mol. The molecule has 1 rings (SSSR count). The van der Waals surface area contributed by atoms with Gasteiger partial charge in [0.25, 0.3) is 0 Å². The van der Waals surface area contributed by atoms with Gasteiger partial charge in [0.05, 0.1) is 6.10 Å². The fourth-order valence-electron chi connectivity index (χ4n) is 1.03. The summed E-state index contributed by atoms with van der Waals surface area (Å²) in [6.45, 7) is 3.63. The van der Waals surface area contributed by atoms with Crippen molar-refractivity contribution in [3.8, 4) is 5.88 Å². The van der Waals surface area contributed by atoms with E-state index < -0.39 is 12.0 Å². The standard InChI is InChI=1S/C10H14F3N3O/c1-4-6(2)17-8-5-7(14-3)15-9(16-8)10(11,12)13/h5-6H,4H2,1-3H3,(H,14,15,16). The molecule has 1 heterocycles. The van der Waals surface area contributed by atoms with E-state index in [1.54, 1.807) is 6.92 Å². The van der Waals surface area contributed by atoms with Crippen LogP contribution in [0.25, 0.3) is 0 Å². The van der Waals surface area contributed by atoms with Crippen molar-refractivity contribution in [3.63, 3.8) is 0 Å². The summed E-state index contributed by atoms with van der Waals surface area (Å²) in [4.78, 5) is 6.67. The molecule has 0 aliphatic carbocycles. The van der Waals surface area contributed by atoms with Crippen LogP contribution in [-0.4, -0.2) is 23.1 Å². The van der Waals surface area contributed by atoms with Gasteiger partial charge >= 0.3 is 6.18 Å². The van der Waals surface area contributed by atoms with Crippen LogP contribution in [0, 0.1) is 0 Å². The van der Waals surface area contributed by atoms with Crippen LogP contribution in [-0.2, 0) is 6.18 Å². The van der Waals surface area contributed by atoms with E-state index in [0.717, 1.165) is 0 Å². The topological polar surface area (TPSA) is 47.0 Å². The van der Waals surface area contributed by atoms with Gasteiger partial charge in [-0.05, 0) is 13.3 Å². The first-order valence-corrected chi connectivity index (χ1v) is 5.17. The number of nitrogens with one attached hydrogen (secondary N) is 1. The van der Waals surface area contributed by atoms with Crippen LogP contribution in [0.15, 0.2) is 6.07 Å². The van der Waals surface area contributed by atoms with Crippen molar-refractivity contribution >= 4 is 5.82 Å². The van der Waals surface area contributed by atoms with Gasteiger partial charge in [0.2, 0.25) is 11.7 Å². The number of aromatic nitrogens is 2. The van der Waals surface area contributed by atoms with E-state index in [0.29, 0.717) is 6.42 Å². The van der Waals surface area contributed by atoms with Gasteiger partial charge in [-0.2, -0.15) is 18.2 Å². The van der Waals surface area contributed by atoms with Gasteiger partial charge in [0.15, 0.2) is 0 Å². The Morgan fingerprint density at radius 2 is 2.06 bits per heavy atom. The van der Waals surface area contributed by atoms with Crippen LogP contribution >= 0.6 is 0 Å². The molecule has 0 radical (unpaired) electrons. The Morgan fingerprint density at radius 3 is 2.53 bits per heavy atom. The summed E-state index contributed by atoms with van der Waals surface area (Å²) < 4.78 is 42.7. The molecule has 1 aromatic heterocycles. The van der Waals surface area contributed by atoms with Gasteiger partial charge in [-0.25, -0.2) is 4.98 Å². The number of ether oxygens (including phenoxy) is 1. The monoisotopic (exact) mass is 249 g/mol. The van der Waals surface area contributed by atoms with Crippen molar-refractivity contribution in [1.29, 1.82) is 0 Å². The lowest BCUT2D eigenvalue weighted by atomic mass is 10.3. The van der Waals surface area contributed by atoms with Crippen LogP contribution in [0.5, 0.6) is 5.88 Å². The maximum atomic E-state index is 12.5. The van der Waals surface area contributed by atoms with Crippen LogP contribution in [0.4, 0.5) is 19.0 Å². The van der Waals surface area contributed by atoms with E-state index in [2.05, 4.69) is 15.3 Å². The fraction of sp³-hybridized carbons (Fsp3) is 0.600. The molecule has 0 aromatic carbocycles. The summed E-state index contributed by atoms with van der Waals surface area (Å²) in [5.41, 5.74) is 0. The maximum absolute atomic E-state index is 12.5. The summed E-state index contributed by atoms with van der Waals surface area (Å²) in [5, 5.41) is 2.54. The molecule has 0 fully saturated rings. The Morgan fingerprint density at radius 1 is 1.41 bits per heavy atom. The second kappa shape index (κ2) is 5.20. The average molecular weight is 249 g/mol. The smallest absolute Gasteiger partial charge is 0.451 e. The van der Waals surface area contributed by atoms with Crippen LogP contribution in [0.3, 0.4) is 0 Å². The van der Waals surface area contributed by atoms with Gasteiger partial charge in [0, 0.05) is 13.1 Å². The number of hydrogen-bond donors (Lipinski definition) is 1. The second-order valence-electron chi connectivity index (χ2n) is 3.50. The highest BCUT2D eigenvalue weighted by atomic mass is 19.4. The Balaban J connectivity index is 3.05. The summed E-state index contributed by atoms with van der Waals surface area (Å²) in [6, 6.07) is 1.33. The zero-order valence-corrected chi connectivity index (χ0v) is 9.80. The molecule has 4 nitrogen and oxygen atoms in total. The van der Waals surface area contributed by atoms with Gasteiger partial charge in [-0.1, -0.05) is 6.92 Å². The molecule has 0 spiro atoms. The lowest BCUT2D eigenvalue weighted by Gasteiger charge is -2.14. The molecule has 0 saturated carbocycles. The molecule has 1 unspecified atom stereocenters. The number of halogens is 3. The first kappa shape index (κ1) is 13.5. The molecule has 1 aromatic rings. The SMILES string of the molecule is CCC(C)Oc1cc(NC)nc(C(F)(F)F)n1. The first-order valence-electron chi connectivity index (χ1n) is 5.17. The summed E-state index contributed by atoms with van der Waals surface area (Å²) >= 11 is 0. The van der Waals surface area contributed by atoms with Crippen molar-refractivity contribution < 1.29 is 17.9 Å². The third kappa shape index (κ3) is 3.76. The minimum atomic E-state index is -4.58. The number of nitrogens with zero attached hydrogens (tertiary/aromatic N) is 2. The first-order chi connectivity index (χ1) is 7.86. The molecule has 0 aliphatic heterocycles. The minimum absolute atomic E-state index is 0.0747. The third-order valence-electron chi connectivity index (χ3n) is 2.11. The Kier molecular flexibility index (Phi) is 4.14. The maximum Gasteiger partial charge on any atom is 0.451 e. The molecule has 1 atom stereocenters. The van der Waals surface area contributed by atoms with Crippen molar-refractivity contribution in [1.82, 2.24) is 9.97 Å². The molecular formula is C10H14F3N3O. The van der Waals surface area contributed by atoms with Crippen LogP contribution in [0.2, 0.25) is 0 Å². The van der Waals surface area contributed by atoms with Gasteiger partial charge in [0.1, 0.15) is 5.82 Å². The highest BCUT2D eigenvalue weighted by Crippen LogP contribution is 2.29. The molecule has 96 valence electrons. The van der Waals surface area contributed by atoms with Crippen LogP contribution < -0.4 is 10.1 Å². The van der Waals surface area contributed by atoms with E-state index >= 15 is 0 Å². The van der Waals surface area contributed by atoms with Crippen molar-refractivity contribution in [2.75, 3.05) is 12.4 Å². The van der Waals surface area contributed by atoms with Gasteiger partial charge < -0.3 is 10.1 Å². The minimum Gasteiger partial charge on any atom is -0.475 e. The molecule has 0 bridgehead atoms. The largest absolute Gasteiger partial charge is 0.475 e. The number of rotatable bonds is 4. The fourth-order valence-corrected chi connectivity index (χ4v) is 1.03. The molecular weight excluding hydrogens is 235 g/mol. The van der Waals surface area contributed by atoms with Crippen LogP contribution in [0.1, 0.15) is 26.1 Å². The second-order valence-corrected chi connectivity index (χ2v) is 3.50. The molecule has 0 aliphatic rings. The summed E-state index contributed by atoms with van der Waals surface area (Å²) in [5.74, 6) is -1.21. The highest BCUT2D eigenvalue weighted by molar-refractivity contribution is 5.38.